The smallest absolute Gasteiger partial charge is 0.235 e. The molecule has 3 heteroatoms. The Bertz CT molecular complexity index is 265. The Morgan fingerprint density at radius 3 is 2.38 bits per heavy atom. The van der Waals surface area contributed by atoms with E-state index in [4.69, 9.17) is 0 Å². The third-order valence-electron chi connectivity index (χ3n) is 3.39. The lowest BCUT2D eigenvalue weighted by molar-refractivity contribution is -0.129. The fourth-order valence-corrected chi connectivity index (χ4v) is 2.64. The molecule has 0 unspecified atom stereocenters. The first-order chi connectivity index (χ1) is 6.27. The monoisotopic (exact) mass is 179 g/mol. The molecule has 0 heterocycles. The molecule has 0 saturated heterocycles. The van der Waals surface area contributed by atoms with Gasteiger partial charge in [0.2, 0.25) is 6.08 Å². The topological polar surface area (TPSA) is 46.5 Å². The molecule has 2 aliphatic rings. The maximum Gasteiger partial charge on any atom is 0.235 e. The van der Waals surface area contributed by atoms with Crippen LogP contribution in [0.4, 0.5) is 0 Å². The number of hydrogen-bond donors (Lipinski definition) is 0. The predicted molar refractivity (Wildman–Crippen MR) is 47.1 cm³/mol. The van der Waals surface area contributed by atoms with Crippen molar-refractivity contribution in [2.75, 3.05) is 0 Å². The molecule has 13 heavy (non-hydrogen) atoms. The molecule has 2 saturated carbocycles. The summed E-state index contributed by atoms with van der Waals surface area (Å²) in [7, 11) is 0. The van der Waals surface area contributed by atoms with E-state index in [1.807, 2.05) is 0 Å². The second kappa shape index (κ2) is 3.08. The largest absolute Gasteiger partial charge is 0.300 e. The highest BCUT2D eigenvalue weighted by Crippen LogP contribution is 2.46. The number of ketones is 1. The van der Waals surface area contributed by atoms with E-state index >= 15 is 0 Å². The summed E-state index contributed by atoms with van der Waals surface area (Å²) in [5.74, 6) is 0.706. The summed E-state index contributed by atoms with van der Waals surface area (Å²) in [5.41, 5.74) is -0.324. The molecule has 0 aromatic rings. The van der Waals surface area contributed by atoms with Crippen LogP contribution in [0.3, 0.4) is 0 Å². The van der Waals surface area contributed by atoms with Crippen molar-refractivity contribution in [3.8, 4) is 0 Å². The maximum absolute atomic E-state index is 11.0. The van der Waals surface area contributed by atoms with Crippen LogP contribution in [-0.4, -0.2) is 17.4 Å². The Kier molecular flexibility index (Phi) is 2.04. The van der Waals surface area contributed by atoms with Crippen LogP contribution in [0, 0.1) is 5.92 Å². The van der Waals surface area contributed by atoms with Crippen LogP contribution < -0.4 is 0 Å². The van der Waals surface area contributed by atoms with Crippen molar-refractivity contribution >= 4 is 11.9 Å². The van der Waals surface area contributed by atoms with Gasteiger partial charge in [0.05, 0.1) is 5.54 Å². The van der Waals surface area contributed by atoms with E-state index in [-0.39, 0.29) is 11.3 Å². The molecule has 0 amide bonds. The maximum atomic E-state index is 11.0. The van der Waals surface area contributed by atoms with Crippen LogP contribution in [0.15, 0.2) is 4.99 Å². The molecule has 0 atom stereocenters. The van der Waals surface area contributed by atoms with E-state index < -0.39 is 0 Å². The highest BCUT2D eigenvalue weighted by Gasteiger charge is 2.50. The number of carbonyl (C=O) groups excluding carboxylic acids is 2. The fourth-order valence-electron chi connectivity index (χ4n) is 2.64. The molecule has 0 aliphatic heterocycles. The molecule has 2 rings (SSSR count). The summed E-state index contributed by atoms with van der Waals surface area (Å²) in [4.78, 5) is 25.1. The summed E-state index contributed by atoms with van der Waals surface area (Å²) in [6.45, 7) is 0. The summed E-state index contributed by atoms with van der Waals surface area (Å²) in [6, 6.07) is 0. The molecule has 0 aromatic carbocycles. The second-order valence-corrected chi connectivity index (χ2v) is 4.18. The Morgan fingerprint density at radius 2 is 1.92 bits per heavy atom. The van der Waals surface area contributed by atoms with Crippen LogP contribution in [0.2, 0.25) is 0 Å². The van der Waals surface area contributed by atoms with E-state index in [0.717, 1.165) is 12.8 Å². The SMILES string of the molecule is O=C=NC1(C2CCCC2)CC(=O)C1. The minimum atomic E-state index is -0.324. The van der Waals surface area contributed by atoms with Gasteiger partial charge in [-0.2, -0.15) is 4.99 Å². The summed E-state index contributed by atoms with van der Waals surface area (Å²) >= 11 is 0. The van der Waals surface area contributed by atoms with Gasteiger partial charge in [-0.25, -0.2) is 4.79 Å². The van der Waals surface area contributed by atoms with Crippen LogP contribution >= 0.6 is 0 Å². The number of hydrogen-bond acceptors (Lipinski definition) is 3. The molecular formula is C10H13NO2. The van der Waals surface area contributed by atoms with E-state index in [0.29, 0.717) is 18.8 Å². The minimum Gasteiger partial charge on any atom is -0.300 e. The van der Waals surface area contributed by atoms with Crippen molar-refractivity contribution in [2.24, 2.45) is 10.9 Å². The van der Waals surface area contributed by atoms with Gasteiger partial charge in [-0.1, -0.05) is 12.8 Å². The van der Waals surface area contributed by atoms with E-state index in [2.05, 4.69) is 4.99 Å². The van der Waals surface area contributed by atoms with Gasteiger partial charge in [-0.15, -0.1) is 0 Å². The van der Waals surface area contributed by atoms with E-state index in [1.165, 1.54) is 12.8 Å². The molecule has 2 aliphatic carbocycles. The molecule has 70 valence electrons. The van der Waals surface area contributed by atoms with E-state index in [1.54, 1.807) is 6.08 Å². The molecule has 0 bridgehead atoms. The number of Topliss-reactive ketones (excluding diaryl/α,β-unsaturated/α-hetero) is 1. The normalized spacial score (nSPS) is 26.6. The van der Waals surface area contributed by atoms with Crippen molar-refractivity contribution in [3.05, 3.63) is 0 Å². The Hall–Kier alpha value is -0.950. The Morgan fingerprint density at radius 1 is 1.31 bits per heavy atom. The van der Waals surface area contributed by atoms with E-state index in [9.17, 15) is 9.59 Å². The highest BCUT2D eigenvalue weighted by atomic mass is 16.1. The second-order valence-electron chi connectivity index (χ2n) is 4.18. The van der Waals surface area contributed by atoms with Crippen LogP contribution in [0.5, 0.6) is 0 Å². The molecule has 0 N–H and O–H groups in total. The number of rotatable bonds is 2. The van der Waals surface area contributed by atoms with Gasteiger partial charge in [0, 0.05) is 12.8 Å². The lowest BCUT2D eigenvalue weighted by atomic mass is 9.67. The van der Waals surface area contributed by atoms with Crippen molar-refractivity contribution in [2.45, 2.75) is 44.1 Å². The zero-order valence-electron chi connectivity index (χ0n) is 7.58. The molecule has 2 fully saturated rings. The van der Waals surface area contributed by atoms with Crippen molar-refractivity contribution in [3.63, 3.8) is 0 Å². The van der Waals surface area contributed by atoms with Gasteiger partial charge in [0.15, 0.2) is 0 Å². The van der Waals surface area contributed by atoms with Gasteiger partial charge in [-0.3, -0.25) is 4.79 Å². The number of isocyanates is 1. The third-order valence-corrected chi connectivity index (χ3v) is 3.39. The average molecular weight is 179 g/mol. The molecule has 3 nitrogen and oxygen atoms in total. The van der Waals surface area contributed by atoms with Crippen LogP contribution in [0.1, 0.15) is 38.5 Å². The standard InChI is InChI=1S/C10H13NO2/c12-7-11-10(5-9(13)6-10)8-3-1-2-4-8/h8H,1-6H2. The third kappa shape index (κ3) is 1.33. The Balaban J connectivity index is 2.13. The molecule has 0 aromatic heterocycles. The van der Waals surface area contributed by atoms with Crippen LogP contribution in [0.25, 0.3) is 0 Å². The lowest BCUT2D eigenvalue weighted by Gasteiger charge is -2.40. The zero-order chi connectivity index (χ0) is 9.31. The summed E-state index contributed by atoms with van der Waals surface area (Å²) < 4.78 is 0. The van der Waals surface area contributed by atoms with Gasteiger partial charge in [0.1, 0.15) is 5.78 Å². The van der Waals surface area contributed by atoms with Gasteiger partial charge in [0.25, 0.3) is 0 Å². The quantitative estimate of drug-likeness (QED) is 0.477. The minimum absolute atomic E-state index is 0.242. The Labute approximate surface area is 77.2 Å². The van der Waals surface area contributed by atoms with Crippen molar-refractivity contribution in [1.82, 2.24) is 0 Å². The van der Waals surface area contributed by atoms with Crippen molar-refractivity contribution < 1.29 is 9.59 Å². The molecular weight excluding hydrogens is 166 g/mol. The lowest BCUT2D eigenvalue weighted by Crippen LogP contribution is -2.48. The first-order valence-corrected chi connectivity index (χ1v) is 4.87. The number of carbonyl (C=O) groups is 1. The molecule has 0 spiro atoms. The first-order valence-electron chi connectivity index (χ1n) is 4.87. The molecule has 0 radical (unpaired) electrons. The van der Waals surface area contributed by atoms with Gasteiger partial charge < -0.3 is 0 Å². The number of aliphatic imine (C=N–C) groups is 1. The van der Waals surface area contributed by atoms with Crippen LogP contribution in [-0.2, 0) is 9.59 Å². The van der Waals surface area contributed by atoms with Gasteiger partial charge in [-0.05, 0) is 18.8 Å². The first kappa shape index (κ1) is 8.64. The number of nitrogens with zero attached hydrogens (tertiary/aromatic N) is 1. The zero-order valence-corrected chi connectivity index (χ0v) is 7.58. The average Bonchev–Trinajstić information content (AvgIpc) is 2.53. The predicted octanol–water partition coefficient (Wildman–Crippen LogP) is 1.61. The summed E-state index contributed by atoms with van der Waals surface area (Å²) in [5, 5.41) is 0. The highest BCUT2D eigenvalue weighted by molar-refractivity contribution is 5.88. The van der Waals surface area contributed by atoms with Gasteiger partial charge >= 0.3 is 0 Å². The fraction of sp³-hybridized carbons (Fsp3) is 0.800. The summed E-state index contributed by atoms with van der Waals surface area (Å²) in [6.07, 6.45) is 7.27. The van der Waals surface area contributed by atoms with Crippen molar-refractivity contribution in [1.29, 1.82) is 0 Å².